The van der Waals surface area contributed by atoms with E-state index in [9.17, 15) is 9.59 Å². The highest BCUT2D eigenvalue weighted by molar-refractivity contribution is 5.81. The molecule has 5 heteroatoms. The van der Waals surface area contributed by atoms with Crippen molar-refractivity contribution in [3.05, 3.63) is 0 Å². The summed E-state index contributed by atoms with van der Waals surface area (Å²) in [6.07, 6.45) is 2.89. The molecule has 2 rings (SSSR count). The molecule has 1 N–H and O–H groups in total. The molecule has 1 aliphatic carbocycles. The fourth-order valence-electron chi connectivity index (χ4n) is 2.56. The SMILES string of the molecule is CC(C)(OC(=O)C1CCCCC1C(=O)O)C1CO1. The Balaban J connectivity index is 1.99. The molecule has 1 heterocycles. The molecule has 0 aromatic rings. The van der Waals surface area contributed by atoms with E-state index in [0.29, 0.717) is 19.4 Å². The number of carboxylic acids is 1. The molecule has 0 amide bonds. The van der Waals surface area contributed by atoms with Crippen LogP contribution < -0.4 is 0 Å². The monoisotopic (exact) mass is 256 g/mol. The van der Waals surface area contributed by atoms with Gasteiger partial charge in [0, 0.05) is 0 Å². The number of carbonyl (C=O) groups excluding carboxylic acids is 1. The van der Waals surface area contributed by atoms with Crippen molar-refractivity contribution in [2.24, 2.45) is 11.8 Å². The lowest BCUT2D eigenvalue weighted by Crippen LogP contribution is -2.40. The Kier molecular flexibility index (Phi) is 3.61. The van der Waals surface area contributed by atoms with Crippen LogP contribution in [0.5, 0.6) is 0 Å². The van der Waals surface area contributed by atoms with Crippen LogP contribution in [0.25, 0.3) is 0 Å². The van der Waals surface area contributed by atoms with Crippen LogP contribution in [0.2, 0.25) is 0 Å². The summed E-state index contributed by atoms with van der Waals surface area (Å²) in [5, 5.41) is 9.14. The van der Waals surface area contributed by atoms with Gasteiger partial charge in [-0.05, 0) is 26.7 Å². The molecule has 5 nitrogen and oxygen atoms in total. The van der Waals surface area contributed by atoms with E-state index < -0.39 is 23.4 Å². The standard InChI is InChI=1S/C13H20O5/c1-13(2,10-7-17-10)18-12(16)9-6-4-3-5-8(9)11(14)15/h8-10H,3-7H2,1-2H3,(H,14,15). The summed E-state index contributed by atoms with van der Waals surface area (Å²) in [5.74, 6) is -2.38. The van der Waals surface area contributed by atoms with Gasteiger partial charge in [-0.2, -0.15) is 0 Å². The fraction of sp³-hybridized carbons (Fsp3) is 0.846. The molecule has 0 radical (unpaired) electrons. The van der Waals surface area contributed by atoms with Crippen molar-refractivity contribution >= 4 is 11.9 Å². The highest BCUT2D eigenvalue weighted by atomic mass is 16.6. The predicted octanol–water partition coefficient (Wildman–Crippen LogP) is 1.60. The number of rotatable bonds is 4. The molecule has 0 aromatic carbocycles. The van der Waals surface area contributed by atoms with Crippen LogP contribution in [0.3, 0.4) is 0 Å². The van der Waals surface area contributed by atoms with E-state index in [1.165, 1.54) is 0 Å². The first kappa shape index (κ1) is 13.3. The number of aliphatic carboxylic acids is 1. The van der Waals surface area contributed by atoms with Crippen molar-refractivity contribution in [1.29, 1.82) is 0 Å². The average Bonchev–Trinajstić information content (AvgIpc) is 3.12. The molecule has 0 aromatic heterocycles. The molecule has 1 aliphatic heterocycles. The topological polar surface area (TPSA) is 76.1 Å². The zero-order valence-corrected chi connectivity index (χ0v) is 10.8. The maximum Gasteiger partial charge on any atom is 0.310 e. The largest absolute Gasteiger partial charge is 0.481 e. The van der Waals surface area contributed by atoms with E-state index in [1.54, 1.807) is 13.8 Å². The Bertz CT molecular complexity index is 345. The third-order valence-electron chi connectivity index (χ3n) is 3.86. The molecule has 1 saturated heterocycles. The van der Waals surface area contributed by atoms with Gasteiger partial charge in [0.25, 0.3) is 0 Å². The summed E-state index contributed by atoms with van der Waals surface area (Å²) < 4.78 is 10.6. The summed E-state index contributed by atoms with van der Waals surface area (Å²) in [4.78, 5) is 23.3. The first-order chi connectivity index (χ1) is 8.42. The van der Waals surface area contributed by atoms with Gasteiger partial charge in [0.1, 0.15) is 11.7 Å². The minimum Gasteiger partial charge on any atom is -0.481 e. The minimum atomic E-state index is -0.892. The predicted molar refractivity (Wildman–Crippen MR) is 63.0 cm³/mol. The summed E-state index contributed by atoms with van der Waals surface area (Å²) in [6.45, 7) is 4.22. The molecule has 18 heavy (non-hydrogen) atoms. The minimum absolute atomic E-state index is 0.0479. The van der Waals surface area contributed by atoms with E-state index in [2.05, 4.69) is 0 Å². The lowest BCUT2D eigenvalue weighted by Gasteiger charge is -2.31. The first-order valence-electron chi connectivity index (χ1n) is 6.49. The van der Waals surface area contributed by atoms with Crippen LogP contribution in [0.1, 0.15) is 39.5 Å². The second-order valence-corrected chi connectivity index (χ2v) is 5.68. The van der Waals surface area contributed by atoms with E-state index in [4.69, 9.17) is 14.6 Å². The Morgan fingerprint density at radius 3 is 2.28 bits per heavy atom. The first-order valence-corrected chi connectivity index (χ1v) is 6.49. The van der Waals surface area contributed by atoms with Crippen LogP contribution in [0, 0.1) is 11.8 Å². The van der Waals surface area contributed by atoms with Gasteiger partial charge >= 0.3 is 11.9 Å². The van der Waals surface area contributed by atoms with Gasteiger partial charge in [-0.1, -0.05) is 12.8 Å². The van der Waals surface area contributed by atoms with Crippen molar-refractivity contribution in [3.63, 3.8) is 0 Å². The van der Waals surface area contributed by atoms with Crippen LogP contribution in [-0.4, -0.2) is 35.4 Å². The van der Waals surface area contributed by atoms with Crippen LogP contribution >= 0.6 is 0 Å². The van der Waals surface area contributed by atoms with E-state index >= 15 is 0 Å². The van der Waals surface area contributed by atoms with E-state index in [1.807, 2.05) is 0 Å². The van der Waals surface area contributed by atoms with Gasteiger partial charge < -0.3 is 14.6 Å². The third-order valence-corrected chi connectivity index (χ3v) is 3.86. The summed E-state index contributed by atoms with van der Waals surface area (Å²) in [7, 11) is 0. The van der Waals surface area contributed by atoms with Gasteiger partial charge in [0.2, 0.25) is 0 Å². The van der Waals surface area contributed by atoms with Crippen molar-refractivity contribution in [2.45, 2.75) is 51.2 Å². The van der Waals surface area contributed by atoms with Gasteiger partial charge in [-0.3, -0.25) is 9.59 Å². The fourth-order valence-corrected chi connectivity index (χ4v) is 2.56. The van der Waals surface area contributed by atoms with Crippen LogP contribution in [0.4, 0.5) is 0 Å². The average molecular weight is 256 g/mol. The van der Waals surface area contributed by atoms with Gasteiger partial charge in [0.05, 0.1) is 18.4 Å². The van der Waals surface area contributed by atoms with Gasteiger partial charge in [-0.15, -0.1) is 0 Å². The maximum absolute atomic E-state index is 12.1. The third kappa shape index (κ3) is 2.83. The number of esters is 1. The number of carbonyl (C=O) groups is 2. The molecule has 3 atom stereocenters. The summed E-state index contributed by atoms with van der Waals surface area (Å²) in [6, 6.07) is 0. The molecular formula is C13H20O5. The molecule has 2 fully saturated rings. The molecule has 102 valence electrons. The zero-order valence-electron chi connectivity index (χ0n) is 10.8. The quantitative estimate of drug-likeness (QED) is 0.610. The molecule has 2 aliphatic rings. The van der Waals surface area contributed by atoms with Crippen molar-refractivity contribution in [3.8, 4) is 0 Å². The summed E-state index contributed by atoms with van der Waals surface area (Å²) in [5.41, 5.74) is -0.655. The molecular weight excluding hydrogens is 236 g/mol. The van der Waals surface area contributed by atoms with E-state index in [-0.39, 0.29) is 12.1 Å². The van der Waals surface area contributed by atoms with Crippen LogP contribution in [-0.2, 0) is 19.1 Å². The smallest absolute Gasteiger partial charge is 0.310 e. The van der Waals surface area contributed by atoms with Gasteiger partial charge in [-0.25, -0.2) is 0 Å². The highest BCUT2D eigenvalue weighted by Crippen LogP contribution is 2.34. The van der Waals surface area contributed by atoms with Crippen molar-refractivity contribution < 1.29 is 24.2 Å². The number of carboxylic acid groups (broad SMARTS) is 1. The lowest BCUT2D eigenvalue weighted by atomic mass is 9.79. The lowest BCUT2D eigenvalue weighted by molar-refractivity contribution is -0.171. The Morgan fingerprint density at radius 2 is 1.78 bits per heavy atom. The Morgan fingerprint density at radius 1 is 1.22 bits per heavy atom. The second kappa shape index (κ2) is 4.88. The second-order valence-electron chi connectivity index (χ2n) is 5.68. The van der Waals surface area contributed by atoms with Gasteiger partial charge in [0.15, 0.2) is 0 Å². The molecule has 1 saturated carbocycles. The normalized spacial score (nSPS) is 31.8. The zero-order chi connectivity index (χ0) is 13.3. The van der Waals surface area contributed by atoms with E-state index in [0.717, 1.165) is 12.8 Å². The molecule has 0 spiro atoms. The Labute approximate surface area is 106 Å². The van der Waals surface area contributed by atoms with Crippen molar-refractivity contribution in [1.82, 2.24) is 0 Å². The highest BCUT2D eigenvalue weighted by Gasteiger charge is 2.45. The molecule has 3 unspecified atom stereocenters. The number of epoxide rings is 1. The Hall–Kier alpha value is -1.10. The maximum atomic E-state index is 12.1. The number of ether oxygens (including phenoxy) is 2. The number of hydrogen-bond acceptors (Lipinski definition) is 4. The van der Waals surface area contributed by atoms with Crippen LogP contribution in [0.15, 0.2) is 0 Å². The number of hydrogen-bond donors (Lipinski definition) is 1. The van der Waals surface area contributed by atoms with Crippen molar-refractivity contribution in [2.75, 3.05) is 6.61 Å². The molecule has 0 bridgehead atoms. The summed E-state index contributed by atoms with van der Waals surface area (Å²) >= 11 is 0.